The van der Waals surface area contributed by atoms with Gasteiger partial charge in [0.1, 0.15) is 0 Å². The Morgan fingerprint density at radius 2 is 2.17 bits per heavy atom. The Bertz CT molecular complexity index is 864. The van der Waals surface area contributed by atoms with E-state index in [1.54, 1.807) is 25.1 Å². The highest BCUT2D eigenvalue weighted by molar-refractivity contribution is 5.97. The fourth-order valence-corrected chi connectivity index (χ4v) is 2.85. The molecule has 1 heterocycles. The van der Waals surface area contributed by atoms with Crippen LogP contribution in [-0.2, 0) is 6.54 Å². The van der Waals surface area contributed by atoms with E-state index in [4.69, 9.17) is 5.73 Å². The summed E-state index contributed by atoms with van der Waals surface area (Å²) in [5.74, 6) is 0.249. The number of aromatic nitrogens is 2. The topological polar surface area (TPSA) is 110 Å². The van der Waals surface area contributed by atoms with Gasteiger partial charge in [-0.3, -0.25) is 14.4 Å². The maximum atomic E-state index is 12.4. The molecule has 0 radical (unpaired) electrons. The minimum atomic E-state index is -0.685. The molecular formula is C16H20N4O3. The van der Waals surface area contributed by atoms with Crippen molar-refractivity contribution in [1.29, 1.82) is 0 Å². The molecule has 1 aromatic heterocycles. The number of fused-ring (bicyclic) bond motifs is 1. The summed E-state index contributed by atoms with van der Waals surface area (Å²) in [6.45, 7) is 2.60. The Morgan fingerprint density at radius 1 is 1.43 bits per heavy atom. The number of nitrogens with one attached hydrogen (secondary N) is 2. The normalized spacial score (nSPS) is 15.6. The Morgan fingerprint density at radius 3 is 2.78 bits per heavy atom. The standard InChI is InChI=1S/C16H20N4O3/c1-2-20-13-6-5-10(7-11(13)18-15(22)16(20)23)14(21)19-12(8-17)9-3-4-9/h5-7,9,12H,2-4,8,17H2,1H3,(H,18,22)(H,19,21). The quantitative estimate of drug-likeness (QED) is 0.683. The van der Waals surface area contributed by atoms with E-state index in [0.29, 0.717) is 35.6 Å². The number of carbonyl (C=O) groups excluding carboxylic acids is 1. The molecule has 2 aromatic rings. The molecule has 1 amide bonds. The van der Waals surface area contributed by atoms with E-state index in [-0.39, 0.29) is 11.9 Å². The Hall–Kier alpha value is -2.41. The van der Waals surface area contributed by atoms with Crippen molar-refractivity contribution >= 4 is 16.9 Å². The molecule has 4 N–H and O–H groups in total. The van der Waals surface area contributed by atoms with Crippen LogP contribution in [0, 0.1) is 5.92 Å². The molecule has 1 fully saturated rings. The van der Waals surface area contributed by atoms with Crippen LogP contribution in [0.4, 0.5) is 0 Å². The number of amides is 1. The Balaban J connectivity index is 1.96. The van der Waals surface area contributed by atoms with Crippen LogP contribution in [-0.4, -0.2) is 28.0 Å². The molecule has 0 aliphatic heterocycles. The molecule has 122 valence electrons. The molecule has 7 nitrogen and oxygen atoms in total. The molecule has 0 saturated heterocycles. The lowest BCUT2D eigenvalue weighted by atomic mass is 10.1. The van der Waals surface area contributed by atoms with Gasteiger partial charge in [-0.2, -0.15) is 0 Å². The third-order valence-corrected chi connectivity index (χ3v) is 4.31. The molecule has 1 aromatic carbocycles. The van der Waals surface area contributed by atoms with Crippen LogP contribution in [0.15, 0.2) is 27.8 Å². The predicted molar refractivity (Wildman–Crippen MR) is 87.5 cm³/mol. The smallest absolute Gasteiger partial charge is 0.316 e. The van der Waals surface area contributed by atoms with Crippen molar-refractivity contribution in [3.8, 4) is 0 Å². The first-order valence-electron chi connectivity index (χ1n) is 7.83. The number of hydrogen-bond donors (Lipinski definition) is 3. The molecule has 0 spiro atoms. The number of hydrogen-bond acceptors (Lipinski definition) is 4. The summed E-state index contributed by atoms with van der Waals surface area (Å²) >= 11 is 0. The van der Waals surface area contributed by atoms with Gasteiger partial charge < -0.3 is 20.6 Å². The second kappa shape index (κ2) is 6.00. The van der Waals surface area contributed by atoms with Crippen LogP contribution in [0.5, 0.6) is 0 Å². The minimum Gasteiger partial charge on any atom is -0.348 e. The van der Waals surface area contributed by atoms with Crippen molar-refractivity contribution in [2.75, 3.05) is 6.54 Å². The molecule has 1 atom stereocenters. The summed E-state index contributed by atoms with van der Waals surface area (Å²) in [6.07, 6.45) is 2.19. The lowest BCUT2D eigenvalue weighted by Crippen LogP contribution is -2.41. The van der Waals surface area contributed by atoms with E-state index in [1.807, 2.05) is 0 Å². The molecule has 1 unspecified atom stereocenters. The van der Waals surface area contributed by atoms with Gasteiger partial charge in [0.2, 0.25) is 0 Å². The number of carbonyl (C=O) groups is 1. The molecule has 7 heteroatoms. The van der Waals surface area contributed by atoms with E-state index < -0.39 is 11.1 Å². The van der Waals surface area contributed by atoms with Crippen molar-refractivity contribution < 1.29 is 4.79 Å². The van der Waals surface area contributed by atoms with E-state index >= 15 is 0 Å². The van der Waals surface area contributed by atoms with Gasteiger partial charge in [-0.1, -0.05) is 0 Å². The second-order valence-corrected chi connectivity index (χ2v) is 5.89. The van der Waals surface area contributed by atoms with Crippen molar-refractivity contribution in [2.45, 2.75) is 32.4 Å². The number of H-pyrrole nitrogens is 1. The molecule has 1 aliphatic carbocycles. The van der Waals surface area contributed by atoms with Gasteiger partial charge in [0, 0.05) is 24.7 Å². The summed E-state index contributed by atoms with van der Waals surface area (Å²) in [4.78, 5) is 38.4. The number of rotatable bonds is 5. The van der Waals surface area contributed by atoms with Gasteiger partial charge in [-0.05, 0) is 43.9 Å². The van der Waals surface area contributed by atoms with Crippen molar-refractivity contribution in [2.24, 2.45) is 11.7 Å². The van der Waals surface area contributed by atoms with E-state index in [2.05, 4.69) is 10.3 Å². The van der Waals surface area contributed by atoms with E-state index in [9.17, 15) is 14.4 Å². The highest BCUT2D eigenvalue weighted by atomic mass is 16.2. The fraction of sp³-hybridized carbons (Fsp3) is 0.438. The molecule has 3 rings (SSSR count). The largest absolute Gasteiger partial charge is 0.348 e. The predicted octanol–water partition coefficient (Wildman–Crippen LogP) is 0.177. The summed E-state index contributed by atoms with van der Waals surface area (Å²) in [5.41, 5.74) is 5.94. The summed E-state index contributed by atoms with van der Waals surface area (Å²) in [6, 6.07) is 4.92. The monoisotopic (exact) mass is 316 g/mol. The maximum Gasteiger partial charge on any atom is 0.316 e. The number of nitrogens with two attached hydrogens (primary N) is 1. The van der Waals surface area contributed by atoms with Crippen LogP contribution >= 0.6 is 0 Å². The van der Waals surface area contributed by atoms with Crippen LogP contribution < -0.4 is 22.2 Å². The molecule has 23 heavy (non-hydrogen) atoms. The molecule has 1 saturated carbocycles. The van der Waals surface area contributed by atoms with Crippen molar-refractivity contribution in [1.82, 2.24) is 14.9 Å². The fourth-order valence-electron chi connectivity index (χ4n) is 2.85. The number of aryl methyl sites for hydroxylation is 1. The SMILES string of the molecule is CCn1c(=O)c(=O)[nH]c2cc(C(=O)NC(CN)C3CC3)ccc21. The van der Waals surface area contributed by atoms with Crippen molar-refractivity contribution in [3.63, 3.8) is 0 Å². The highest BCUT2D eigenvalue weighted by Gasteiger charge is 2.31. The van der Waals surface area contributed by atoms with E-state index in [0.717, 1.165) is 12.8 Å². The summed E-state index contributed by atoms with van der Waals surface area (Å²) in [5, 5.41) is 2.94. The Kier molecular flexibility index (Phi) is 4.04. The number of aromatic amines is 1. The zero-order chi connectivity index (χ0) is 16.6. The molecule has 0 bridgehead atoms. The lowest BCUT2D eigenvalue weighted by Gasteiger charge is -2.16. The second-order valence-electron chi connectivity index (χ2n) is 5.89. The average molecular weight is 316 g/mol. The third kappa shape index (κ3) is 2.92. The van der Waals surface area contributed by atoms with Crippen LogP contribution in [0.2, 0.25) is 0 Å². The molecular weight excluding hydrogens is 296 g/mol. The summed E-state index contributed by atoms with van der Waals surface area (Å²) in [7, 11) is 0. The first kappa shape index (κ1) is 15.5. The van der Waals surface area contributed by atoms with Crippen molar-refractivity contribution in [3.05, 3.63) is 44.5 Å². The first-order chi connectivity index (χ1) is 11.0. The van der Waals surface area contributed by atoms with Gasteiger partial charge >= 0.3 is 11.1 Å². The van der Waals surface area contributed by atoms with Gasteiger partial charge in [0.15, 0.2) is 0 Å². The minimum absolute atomic E-state index is 0.0122. The van der Waals surface area contributed by atoms with Crippen LogP contribution in [0.3, 0.4) is 0 Å². The number of benzene rings is 1. The summed E-state index contributed by atoms with van der Waals surface area (Å²) < 4.78 is 1.39. The van der Waals surface area contributed by atoms with Crippen LogP contribution in [0.25, 0.3) is 11.0 Å². The van der Waals surface area contributed by atoms with Gasteiger partial charge in [-0.15, -0.1) is 0 Å². The Labute approximate surface area is 132 Å². The van der Waals surface area contributed by atoms with E-state index in [1.165, 1.54) is 4.57 Å². The zero-order valence-corrected chi connectivity index (χ0v) is 13.0. The van der Waals surface area contributed by atoms with Gasteiger partial charge in [0.05, 0.1) is 11.0 Å². The lowest BCUT2D eigenvalue weighted by molar-refractivity contribution is 0.0933. The highest BCUT2D eigenvalue weighted by Crippen LogP contribution is 2.32. The average Bonchev–Trinajstić information content (AvgIpc) is 3.38. The van der Waals surface area contributed by atoms with Gasteiger partial charge in [-0.25, -0.2) is 0 Å². The zero-order valence-electron chi connectivity index (χ0n) is 13.0. The number of nitrogens with zero attached hydrogens (tertiary/aromatic N) is 1. The van der Waals surface area contributed by atoms with Gasteiger partial charge in [0.25, 0.3) is 5.91 Å². The van der Waals surface area contributed by atoms with Crippen LogP contribution in [0.1, 0.15) is 30.1 Å². The molecule has 1 aliphatic rings. The third-order valence-electron chi connectivity index (χ3n) is 4.31. The first-order valence-corrected chi connectivity index (χ1v) is 7.83. The maximum absolute atomic E-state index is 12.4.